The van der Waals surface area contributed by atoms with Gasteiger partial charge in [0.2, 0.25) is 5.91 Å². The highest BCUT2D eigenvalue weighted by atomic mass is 16.1. The van der Waals surface area contributed by atoms with Crippen LogP contribution in [0.2, 0.25) is 0 Å². The number of carbonyl (C=O) groups is 1. The molecular weight excluding hydrogens is 260 g/mol. The molecule has 0 radical (unpaired) electrons. The molecule has 0 spiro atoms. The van der Waals surface area contributed by atoms with Crippen molar-refractivity contribution in [2.75, 3.05) is 0 Å². The van der Waals surface area contributed by atoms with E-state index in [1.54, 1.807) is 24.4 Å². The fraction of sp³-hybridized carbons (Fsp3) is 0.444. The van der Waals surface area contributed by atoms with Crippen LogP contribution in [0.15, 0.2) is 52.3 Å². The van der Waals surface area contributed by atoms with E-state index in [1.807, 2.05) is 13.0 Å². The minimum absolute atomic E-state index is 0.106. The number of hydrogen-bond acceptors (Lipinski definition) is 2. The molecule has 3 nitrogen and oxygen atoms in total. The van der Waals surface area contributed by atoms with Gasteiger partial charge in [0.15, 0.2) is 0 Å². The molecule has 0 fully saturated rings. The van der Waals surface area contributed by atoms with Crippen molar-refractivity contribution >= 4 is 12.6 Å². The number of rotatable bonds is 5. The van der Waals surface area contributed by atoms with Crippen molar-refractivity contribution in [3.8, 4) is 0 Å². The molecule has 0 unspecified atom stereocenters. The Kier molecular flexibility index (Phi) is 6.35. The fourth-order valence-corrected chi connectivity index (χ4v) is 2.70. The van der Waals surface area contributed by atoms with Crippen LogP contribution in [0.5, 0.6) is 0 Å². The highest BCUT2D eigenvalue weighted by Crippen LogP contribution is 2.40. The van der Waals surface area contributed by atoms with E-state index >= 15 is 0 Å². The van der Waals surface area contributed by atoms with Crippen LogP contribution in [0.4, 0.5) is 0 Å². The molecule has 1 aliphatic carbocycles. The molecule has 1 amide bonds. The minimum atomic E-state index is -0.106. The molecular formula is C18H26N2O. The second-order valence-corrected chi connectivity index (χ2v) is 6.13. The maximum Gasteiger partial charge on any atom is 0.248 e. The number of nitrogens with zero attached hydrogens (tertiary/aromatic N) is 1. The van der Waals surface area contributed by atoms with Gasteiger partial charge in [-0.15, -0.1) is 0 Å². The third-order valence-electron chi connectivity index (χ3n) is 3.80. The number of nitrogens with one attached hydrogen (secondary N) is 1. The summed E-state index contributed by atoms with van der Waals surface area (Å²) in [5, 5.41) is 2.82. The Morgan fingerprint density at radius 1 is 1.43 bits per heavy atom. The molecule has 0 bridgehead atoms. The molecule has 0 saturated heterocycles. The van der Waals surface area contributed by atoms with E-state index in [0.29, 0.717) is 0 Å². The van der Waals surface area contributed by atoms with Crippen LogP contribution in [0, 0.1) is 5.41 Å². The lowest BCUT2D eigenvalue weighted by Crippen LogP contribution is -2.21. The minimum Gasteiger partial charge on any atom is -0.327 e. The maximum atomic E-state index is 11.9. The smallest absolute Gasteiger partial charge is 0.248 e. The topological polar surface area (TPSA) is 41.5 Å². The van der Waals surface area contributed by atoms with Crippen LogP contribution in [0.3, 0.4) is 0 Å². The Morgan fingerprint density at radius 2 is 2.14 bits per heavy atom. The van der Waals surface area contributed by atoms with Gasteiger partial charge in [-0.25, -0.2) is 0 Å². The molecule has 21 heavy (non-hydrogen) atoms. The summed E-state index contributed by atoms with van der Waals surface area (Å²) in [6.45, 7) is 11.8. The molecule has 0 atom stereocenters. The maximum absolute atomic E-state index is 11.9. The summed E-state index contributed by atoms with van der Waals surface area (Å²) in [5.41, 5.74) is 3.62. The number of allylic oxidation sites excluding steroid dienone is 6. The van der Waals surface area contributed by atoms with Crippen molar-refractivity contribution in [3.05, 3.63) is 47.3 Å². The molecule has 0 aromatic heterocycles. The summed E-state index contributed by atoms with van der Waals surface area (Å²) in [7, 11) is 0. The zero-order chi connectivity index (χ0) is 15.9. The monoisotopic (exact) mass is 286 g/mol. The van der Waals surface area contributed by atoms with E-state index in [-0.39, 0.29) is 11.3 Å². The van der Waals surface area contributed by atoms with Gasteiger partial charge in [0.1, 0.15) is 0 Å². The Balaban J connectivity index is 2.72. The van der Waals surface area contributed by atoms with Crippen molar-refractivity contribution < 1.29 is 4.79 Å². The SMILES string of the molecule is C=N/C=C\C=C(/C)NC(=O)/C=C/C1=C(C)CCCC1(C)C. The van der Waals surface area contributed by atoms with E-state index in [9.17, 15) is 4.79 Å². The van der Waals surface area contributed by atoms with Gasteiger partial charge in [-0.05, 0) is 63.0 Å². The Hall–Kier alpha value is -1.90. The lowest BCUT2D eigenvalue weighted by Gasteiger charge is -2.32. The molecule has 1 N–H and O–H groups in total. The third-order valence-corrected chi connectivity index (χ3v) is 3.80. The van der Waals surface area contributed by atoms with Gasteiger partial charge in [-0.3, -0.25) is 9.79 Å². The van der Waals surface area contributed by atoms with Gasteiger partial charge in [0.25, 0.3) is 0 Å². The normalized spacial score (nSPS) is 19.3. The number of amides is 1. The summed E-state index contributed by atoms with van der Waals surface area (Å²) in [5.74, 6) is -0.106. The number of carbonyl (C=O) groups excluding carboxylic acids is 1. The van der Waals surface area contributed by atoms with E-state index in [2.05, 4.69) is 37.8 Å². The molecule has 0 aromatic rings. The standard InChI is InChI=1S/C18H26N2O/c1-14-8-6-12-18(3,4)16(14)10-11-17(21)20-15(2)9-7-13-19-5/h7,9-11,13H,5-6,8,12H2,1-4H3,(H,20,21)/b11-10+,13-7-,15-9+. The molecule has 0 aliphatic heterocycles. The lowest BCUT2D eigenvalue weighted by molar-refractivity contribution is -0.115. The van der Waals surface area contributed by atoms with Crippen molar-refractivity contribution in [1.29, 1.82) is 0 Å². The first-order valence-corrected chi connectivity index (χ1v) is 7.35. The van der Waals surface area contributed by atoms with Gasteiger partial charge in [-0.1, -0.05) is 25.5 Å². The first kappa shape index (κ1) is 17.2. The fourth-order valence-electron chi connectivity index (χ4n) is 2.70. The zero-order valence-corrected chi connectivity index (χ0v) is 13.6. The van der Waals surface area contributed by atoms with Crippen molar-refractivity contribution in [3.63, 3.8) is 0 Å². The predicted molar refractivity (Wildman–Crippen MR) is 90.1 cm³/mol. The van der Waals surface area contributed by atoms with Crippen LogP contribution < -0.4 is 5.32 Å². The Morgan fingerprint density at radius 3 is 2.76 bits per heavy atom. The quantitative estimate of drug-likeness (QED) is 0.457. The van der Waals surface area contributed by atoms with Crippen LogP contribution >= 0.6 is 0 Å². The number of aliphatic imine (C=N–C) groups is 1. The summed E-state index contributed by atoms with van der Waals surface area (Å²) in [6, 6.07) is 0. The van der Waals surface area contributed by atoms with Gasteiger partial charge in [-0.2, -0.15) is 0 Å². The molecule has 3 heteroatoms. The molecule has 1 aliphatic rings. The zero-order valence-electron chi connectivity index (χ0n) is 13.6. The van der Waals surface area contributed by atoms with Crippen molar-refractivity contribution in [2.24, 2.45) is 10.4 Å². The van der Waals surface area contributed by atoms with Crippen molar-refractivity contribution in [2.45, 2.75) is 47.0 Å². The molecule has 114 valence electrons. The van der Waals surface area contributed by atoms with Gasteiger partial charge in [0.05, 0.1) is 0 Å². The van der Waals surface area contributed by atoms with E-state index < -0.39 is 0 Å². The summed E-state index contributed by atoms with van der Waals surface area (Å²) < 4.78 is 0. The summed E-state index contributed by atoms with van der Waals surface area (Å²) in [4.78, 5) is 15.5. The number of hydrogen-bond donors (Lipinski definition) is 1. The van der Waals surface area contributed by atoms with E-state index in [4.69, 9.17) is 0 Å². The van der Waals surface area contributed by atoms with Crippen LogP contribution in [-0.2, 0) is 4.79 Å². The van der Waals surface area contributed by atoms with Crippen molar-refractivity contribution in [1.82, 2.24) is 5.32 Å². The molecule has 0 aromatic carbocycles. The molecule has 0 heterocycles. The average molecular weight is 286 g/mol. The third kappa shape index (κ3) is 5.54. The second kappa shape index (κ2) is 7.77. The van der Waals surface area contributed by atoms with Crippen LogP contribution in [0.1, 0.15) is 47.0 Å². The first-order chi connectivity index (χ1) is 9.86. The molecule has 1 rings (SSSR count). The largest absolute Gasteiger partial charge is 0.327 e. The second-order valence-electron chi connectivity index (χ2n) is 6.13. The summed E-state index contributed by atoms with van der Waals surface area (Å²) in [6.07, 6.45) is 12.2. The Labute approximate surface area is 128 Å². The summed E-state index contributed by atoms with van der Waals surface area (Å²) >= 11 is 0. The van der Waals surface area contributed by atoms with E-state index in [1.165, 1.54) is 24.0 Å². The van der Waals surface area contributed by atoms with Gasteiger partial charge >= 0.3 is 0 Å². The van der Waals surface area contributed by atoms with Crippen LogP contribution in [-0.4, -0.2) is 12.6 Å². The Bertz CT molecular complexity index is 519. The highest BCUT2D eigenvalue weighted by molar-refractivity contribution is 5.89. The van der Waals surface area contributed by atoms with Gasteiger partial charge in [0, 0.05) is 18.0 Å². The van der Waals surface area contributed by atoms with Gasteiger partial charge < -0.3 is 5.32 Å². The van der Waals surface area contributed by atoms with E-state index in [0.717, 1.165) is 12.1 Å². The van der Waals surface area contributed by atoms with Crippen LogP contribution in [0.25, 0.3) is 0 Å². The average Bonchev–Trinajstić information content (AvgIpc) is 2.37. The highest BCUT2D eigenvalue weighted by Gasteiger charge is 2.26. The lowest BCUT2D eigenvalue weighted by atomic mass is 9.72. The predicted octanol–water partition coefficient (Wildman–Crippen LogP) is 4.30. The first-order valence-electron chi connectivity index (χ1n) is 7.35. The molecule has 0 saturated carbocycles.